The molecule has 1 fully saturated rings. The lowest BCUT2D eigenvalue weighted by atomic mass is 9.88. The predicted molar refractivity (Wildman–Crippen MR) is 83.7 cm³/mol. The van der Waals surface area contributed by atoms with E-state index < -0.39 is 0 Å². The predicted octanol–water partition coefficient (Wildman–Crippen LogP) is 4.76. The molecule has 1 heteroatoms. The zero-order valence-corrected chi connectivity index (χ0v) is 11.8. The summed E-state index contributed by atoms with van der Waals surface area (Å²) in [7, 11) is 0. The van der Waals surface area contributed by atoms with Crippen LogP contribution in [-0.2, 0) is 0 Å². The van der Waals surface area contributed by atoms with Crippen LogP contribution >= 0.6 is 0 Å². The van der Waals surface area contributed by atoms with Gasteiger partial charge in [-0.1, -0.05) is 73.9 Å². The Balaban J connectivity index is 1.82. The van der Waals surface area contributed by atoms with Crippen molar-refractivity contribution in [2.75, 3.05) is 0 Å². The molecule has 2 aromatic carbocycles. The standard InChI is InChI=1S/C19H22O/c20-19-10-6-2-5-9-18(19)17-13-11-16(12-14-17)15-7-3-1-4-8-15/h1,3-4,7-8,11-14,18-20H,2,5-6,9-10H2. The van der Waals surface area contributed by atoms with E-state index in [0.29, 0.717) is 5.92 Å². The molecule has 0 saturated heterocycles. The minimum absolute atomic E-state index is 0.167. The van der Waals surface area contributed by atoms with Crippen LogP contribution in [0.15, 0.2) is 54.6 Å². The van der Waals surface area contributed by atoms with Gasteiger partial charge >= 0.3 is 0 Å². The minimum atomic E-state index is -0.167. The van der Waals surface area contributed by atoms with E-state index in [1.165, 1.54) is 36.0 Å². The Kier molecular flexibility index (Phi) is 4.17. The third-order valence-electron chi connectivity index (χ3n) is 4.43. The molecule has 0 heterocycles. The molecule has 1 aliphatic rings. The lowest BCUT2D eigenvalue weighted by molar-refractivity contribution is 0.135. The molecule has 0 amide bonds. The number of hydrogen-bond donors (Lipinski definition) is 1. The molecular weight excluding hydrogens is 244 g/mol. The fourth-order valence-electron chi connectivity index (χ4n) is 3.23. The first-order valence-corrected chi connectivity index (χ1v) is 7.68. The van der Waals surface area contributed by atoms with E-state index in [4.69, 9.17) is 0 Å². The zero-order chi connectivity index (χ0) is 13.8. The van der Waals surface area contributed by atoms with Crippen LogP contribution in [0.25, 0.3) is 11.1 Å². The fraction of sp³-hybridized carbons (Fsp3) is 0.368. The molecule has 0 aliphatic heterocycles. The van der Waals surface area contributed by atoms with E-state index in [2.05, 4.69) is 48.5 Å². The van der Waals surface area contributed by atoms with Gasteiger partial charge in [0.05, 0.1) is 6.10 Å². The Morgan fingerprint density at radius 3 is 2.10 bits per heavy atom. The molecular formula is C19H22O. The summed E-state index contributed by atoms with van der Waals surface area (Å²) in [6.07, 6.45) is 5.56. The van der Waals surface area contributed by atoms with Crippen molar-refractivity contribution in [1.29, 1.82) is 0 Å². The third kappa shape index (κ3) is 2.94. The molecule has 2 unspecified atom stereocenters. The van der Waals surface area contributed by atoms with Gasteiger partial charge in [0.25, 0.3) is 0 Å². The first kappa shape index (κ1) is 13.4. The summed E-state index contributed by atoms with van der Waals surface area (Å²) >= 11 is 0. The summed E-state index contributed by atoms with van der Waals surface area (Å²) in [5.41, 5.74) is 3.79. The van der Waals surface area contributed by atoms with Crippen LogP contribution in [0.1, 0.15) is 43.6 Å². The average molecular weight is 266 g/mol. The lowest BCUT2D eigenvalue weighted by Gasteiger charge is -2.21. The second kappa shape index (κ2) is 6.23. The van der Waals surface area contributed by atoms with Gasteiger partial charge in [-0.15, -0.1) is 0 Å². The van der Waals surface area contributed by atoms with Crippen molar-refractivity contribution in [2.45, 2.75) is 44.1 Å². The molecule has 1 aliphatic carbocycles. The molecule has 104 valence electrons. The minimum Gasteiger partial charge on any atom is -0.392 e. The summed E-state index contributed by atoms with van der Waals surface area (Å²) in [5, 5.41) is 10.3. The van der Waals surface area contributed by atoms with Crippen LogP contribution < -0.4 is 0 Å². The van der Waals surface area contributed by atoms with E-state index in [0.717, 1.165) is 12.8 Å². The number of rotatable bonds is 2. The number of hydrogen-bond acceptors (Lipinski definition) is 1. The van der Waals surface area contributed by atoms with Crippen LogP contribution in [0.3, 0.4) is 0 Å². The second-order valence-electron chi connectivity index (χ2n) is 5.80. The van der Waals surface area contributed by atoms with Gasteiger partial charge in [-0.2, -0.15) is 0 Å². The van der Waals surface area contributed by atoms with E-state index in [9.17, 15) is 5.11 Å². The van der Waals surface area contributed by atoms with Crippen molar-refractivity contribution in [3.63, 3.8) is 0 Å². The Morgan fingerprint density at radius 2 is 1.35 bits per heavy atom. The van der Waals surface area contributed by atoms with Gasteiger partial charge in [0.15, 0.2) is 0 Å². The number of aliphatic hydroxyl groups is 1. The van der Waals surface area contributed by atoms with Gasteiger partial charge < -0.3 is 5.11 Å². The van der Waals surface area contributed by atoms with Crippen LogP contribution in [0.4, 0.5) is 0 Å². The second-order valence-corrected chi connectivity index (χ2v) is 5.80. The SMILES string of the molecule is OC1CCCCCC1c1ccc(-c2ccccc2)cc1. The normalized spacial score (nSPS) is 23.2. The quantitative estimate of drug-likeness (QED) is 0.777. The summed E-state index contributed by atoms with van der Waals surface area (Å²) in [6.45, 7) is 0. The Hall–Kier alpha value is -1.60. The highest BCUT2D eigenvalue weighted by molar-refractivity contribution is 5.63. The molecule has 1 N–H and O–H groups in total. The topological polar surface area (TPSA) is 20.2 Å². The van der Waals surface area contributed by atoms with Crippen LogP contribution in [-0.4, -0.2) is 11.2 Å². The van der Waals surface area contributed by atoms with Crippen molar-refractivity contribution in [3.8, 4) is 11.1 Å². The van der Waals surface area contributed by atoms with Crippen LogP contribution in [0.2, 0.25) is 0 Å². The smallest absolute Gasteiger partial charge is 0.0608 e. The molecule has 2 aromatic rings. The fourth-order valence-corrected chi connectivity index (χ4v) is 3.23. The third-order valence-corrected chi connectivity index (χ3v) is 4.43. The molecule has 0 bridgehead atoms. The van der Waals surface area contributed by atoms with Gasteiger partial charge in [-0.25, -0.2) is 0 Å². The molecule has 0 aromatic heterocycles. The molecule has 3 rings (SSSR count). The van der Waals surface area contributed by atoms with Gasteiger partial charge in [0, 0.05) is 5.92 Å². The molecule has 1 saturated carbocycles. The molecule has 0 spiro atoms. The summed E-state index contributed by atoms with van der Waals surface area (Å²) in [4.78, 5) is 0. The van der Waals surface area contributed by atoms with Gasteiger partial charge in [0.1, 0.15) is 0 Å². The highest BCUT2D eigenvalue weighted by atomic mass is 16.3. The first-order chi connectivity index (χ1) is 9.84. The van der Waals surface area contributed by atoms with Gasteiger partial charge in [-0.05, 0) is 29.5 Å². The van der Waals surface area contributed by atoms with Crippen LogP contribution in [0.5, 0.6) is 0 Å². The molecule has 0 radical (unpaired) electrons. The molecule has 1 nitrogen and oxygen atoms in total. The summed E-state index contributed by atoms with van der Waals surface area (Å²) < 4.78 is 0. The lowest BCUT2D eigenvalue weighted by Crippen LogP contribution is -2.16. The number of benzene rings is 2. The first-order valence-electron chi connectivity index (χ1n) is 7.68. The van der Waals surface area contributed by atoms with Crippen molar-refractivity contribution in [2.24, 2.45) is 0 Å². The number of aliphatic hydroxyl groups excluding tert-OH is 1. The Morgan fingerprint density at radius 1 is 0.700 bits per heavy atom. The highest BCUT2D eigenvalue weighted by Crippen LogP contribution is 2.33. The maximum Gasteiger partial charge on any atom is 0.0608 e. The highest BCUT2D eigenvalue weighted by Gasteiger charge is 2.22. The van der Waals surface area contributed by atoms with Crippen LogP contribution in [0, 0.1) is 0 Å². The van der Waals surface area contributed by atoms with Crippen molar-refractivity contribution in [3.05, 3.63) is 60.2 Å². The largest absolute Gasteiger partial charge is 0.392 e. The Labute approximate surface area is 121 Å². The van der Waals surface area contributed by atoms with E-state index >= 15 is 0 Å². The van der Waals surface area contributed by atoms with Crippen molar-refractivity contribution >= 4 is 0 Å². The Bertz CT molecular complexity index is 529. The van der Waals surface area contributed by atoms with Crippen molar-refractivity contribution < 1.29 is 5.11 Å². The van der Waals surface area contributed by atoms with E-state index in [1.807, 2.05) is 6.07 Å². The summed E-state index contributed by atoms with van der Waals surface area (Å²) in [5.74, 6) is 0.322. The average Bonchev–Trinajstić information content (AvgIpc) is 2.73. The summed E-state index contributed by atoms with van der Waals surface area (Å²) in [6, 6.07) is 19.2. The van der Waals surface area contributed by atoms with E-state index in [-0.39, 0.29) is 6.10 Å². The monoisotopic (exact) mass is 266 g/mol. The van der Waals surface area contributed by atoms with E-state index in [1.54, 1.807) is 0 Å². The van der Waals surface area contributed by atoms with Crippen molar-refractivity contribution in [1.82, 2.24) is 0 Å². The van der Waals surface area contributed by atoms with Gasteiger partial charge in [-0.3, -0.25) is 0 Å². The molecule has 2 atom stereocenters. The molecule has 20 heavy (non-hydrogen) atoms. The zero-order valence-electron chi connectivity index (χ0n) is 11.8. The maximum atomic E-state index is 10.3. The maximum absolute atomic E-state index is 10.3. The van der Waals surface area contributed by atoms with Gasteiger partial charge in [0.2, 0.25) is 0 Å².